The van der Waals surface area contributed by atoms with Crippen molar-refractivity contribution in [2.75, 3.05) is 11.9 Å². The summed E-state index contributed by atoms with van der Waals surface area (Å²) in [6.07, 6.45) is 0. The Balaban J connectivity index is 1.98. The highest BCUT2D eigenvalue weighted by Gasteiger charge is 2.18. The van der Waals surface area contributed by atoms with Gasteiger partial charge in [0.1, 0.15) is 5.75 Å². The zero-order valence-electron chi connectivity index (χ0n) is 13.0. The number of anilines is 1. The van der Waals surface area contributed by atoms with Crippen molar-refractivity contribution in [1.82, 2.24) is 0 Å². The average molecular weight is 409 g/mol. The molecule has 116 valence electrons. The van der Waals surface area contributed by atoms with Gasteiger partial charge in [0.15, 0.2) is 6.61 Å². The van der Waals surface area contributed by atoms with Crippen LogP contribution in [0.1, 0.15) is 26.3 Å². The third kappa shape index (κ3) is 4.73. The topological polar surface area (TPSA) is 38.3 Å². The lowest BCUT2D eigenvalue weighted by Gasteiger charge is -2.22. The smallest absolute Gasteiger partial charge is 0.262 e. The van der Waals surface area contributed by atoms with E-state index in [0.717, 1.165) is 20.6 Å². The molecule has 4 heteroatoms. The number of carbonyl (C=O) groups excluding carboxylic acids is 1. The van der Waals surface area contributed by atoms with Crippen LogP contribution in [-0.2, 0) is 10.2 Å². The van der Waals surface area contributed by atoms with Crippen LogP contribution >= 0.6 is 22.6 Å². The zero-order valence-corrected chi connectivity index (χ0v) is 15.2. The maximum absolute atomic E-state index is 12.0. The quantitative estimate of drug-likeness (QED) is 0.750. The molecule has 0 unspecified atom stereocenters. The van der Waals surface area contributed by atoms with Crippen molar-refractivity contribution >= 4 is 34.2 Å². The minimum atomic E-state index is -0.162. The Bertz CT molecular complexity index is 645. The van der Waals surface area contributed by atoms with Crippen LogP contribution in [0.4, 0.5) is 5.69 Å². The summed E-state index contributed by atoms with van der Waals surface area (Å²) in [4.78, 5) is 12.0. The van der Waals surface area contributed by atoms with E-state index < -0.39 is 0 Å². The molecule has 2 aromatic rings. The third-order valence-corrected chi connectivity index (χ3v) is 3.90. The normalized spacial score (nSPS) is 11.1. The van der Waals surface area contributed by atoms with Gasteiger partial charge in [-0.2, -0.15) is 0 Å². The molecule has 0 saturated heterocycles. The molecule has 0 saturated carbocycles. The summed E-state index contributed by atoms with van der Waals surface area (Å²) in [7, 11) is 0. The van der Waals surface area contributed by atoms with Gasteiger partial charge in [0.25, 0.3) is 5.91 Å². The summed E-state index contributed by atoms with van der Waals surface area (Å²) in [6, 6.07) is 15.5. The van der Waals surface area contributed by atoms with Gasteiger partial charge >= 0.3 is 0 Å². The van der Waals surface area contributed by atoms with Crippen LogP contribution < -0.4 is 10.1 Å². The molecule has 1 N–H and O–H groups in total. The van der Waals surface area contributed by atoms with E-state index in [2.05, 4.69) is 48.7 Å². The largest absolute Gasteiger partial charge is 0.483 e. The van der Waals surface area contributed by atoms with Crippen molar-refractivity contribution in [2.45, 2.75) is 26.2 Å². The van der Waals surface area contributed by atoms with Gasteiger partial charge in [0.05, 0.1) is 0 Å². The van der Waals surface area contributed by atoms with E-state index in [-0.39, 0.29) is 17.9 Å². The van der Waals surface area contributed by atoms with Crippen molar-refractivity contribution in [3.63, 3.8) is 0 Å². The number of rotatable bonds is 4. The van der Waals surface area contributed by atoms with Crippen LogP contribution in [0.15, 0.2) is 48.5 Å². The first-order chi connectivity index (χ1) is 10.4. The Kier molecular flexibility index (Phi) is 5.45. The van der Waals surface area contributed by atoms with Crippen LogP contribution in [0.25, 0.3) is 0 Å². The predicted molar refractivity (Wildman–Crippen MR) is 98.4 cm³/mol. The van der Waals surface area contributed by atoms with Gasteiger partial charge in [-0.1, -0.05) is 39.0 Å². The minimum Gasteiger partial charge on any atom is -0.483 e. The summed E-state index contributed by atoms with van der Waals surface area (Å²) in [5.41, 5.74) is 1.85. The van der Waals surface area contributed by atoms with Crippen LogP contribution in [0.2, 0.25) is 0 Å². The highest BCUT2D eigenvalue weighted by Crippen LogP contribution is 2.30. The van der Waals surface area contributed by atoms with Crippen molar-refractivity contribution in [2.24, 2.45) is 0 Å². The van der Waals surface area contributed by atoms with Gasteiger partial charge in [-0.3, -0.25) is 4.79 Å². The Hall–Kier alpha value is -1.56. The zero-order chi connectivity index (χ0) is 16.2. The first-order valence-corrected chi connectivity index (χ1v) is 8.22. The Morgan fingerprint density at radius 2 is 1.73 bits per heavy atom. The fourth-order valence-electron chi connectivity index (χ4n) is 2.09. The molecule has 0 aliphatic rings. The first-order valence-electron chi connectivity index (χ1n) is 7.14. The standard InChI is InChI=1S/C18H20INO2/c1-18(2,3)15-6-4-5-7-16(15)22-12-17(21)20-14-10-8-13(19)9-11-14/h4-11H,12H2,1-3H3,(H,20,21). The summed E-state index contributed by atoms with van der Waals surface area (Å²) >= 11 is 2.23. The molecule has 0 spiro atoms. The monoisotopic (exact) mass is 409 g/mol. The van der Waals surface area contributed by atoms with E-state index in [9.17, 15) is 4.79 Å². The molecule has 1 amide bonds. The third-order valence-electron chi connectivity index (χ3n) is 3.18. The Morgan fingerprint density at radius 1 is 1.09 bits per heavy atom. The summed E-state index contributed by atoms with van der Waals surface area (Å²) in [5, 5.41) is 2.83. The first kappa shape index (κ1) is 16.8. The van der Waals surface area contributed by atoms with Gasteiger partial charge in [0, 0.05) is 9.26 Å². The fraction of sp³-hybridized carbons (Fsp3) is 0.278. The van der Waals surface area contributed by atoms with Crippen LogP contribution in [0.5, 0.6) is 5.75 Å². The molecule has 2 aromatic carbocycles. The lowest BCUT2D eigenvalue weighted by Crippen LogP contribution is -2.21. The Morgan fingerprint density at radius 3 is 2.36 bits per heavy atom. The van der Waals surface area contributed by atoms with Gasteiger partial charge in [0.2, 0.25) is 0 Å². The highest BCUT2D eigenvalue weighted by molar-refractivity contribution is 14.1. The van der Waals surface area contributed by atoms with Crippen LogP contribution in [0.3, 0.4) is 0 Å². The molecular weight excluding hydrogens is 389 g/mol. The average Bonchev–Trinajstić information content (AvgIpc) is 2.47. The highest BCUT2D eigenvalue weighted by atomic mass is 127. The lowest BCUT2D eigenvalue weighted by molar-refractivity contribution is -0.118. The van der Waals surface area contributed by atoms with Crippen molar-refractivity contribution in [3.8, 4) is 5.75 Å². The van der Waals surface area contributed by atoms with Crippen molar-refractivity contribution < 1.29 is 9.53 Å². The molecule has 0 aliphatic heterocycles. The summed E-state index contributed by atoms with van der Waals surface area (Å²) < 4.78 is 6.84. The van der Waals surface area contributed by atoms with E-state index in [4.69, 9.17) is 4.74 Å². The maximum atomic E-state index is 12.0. The molecule has 0 bridgehead atoms. The second-order valence-electron chi connectivity index (χ2n) is 6.09. The van der Waals surface area contributed by atoms with Crippen molar-refractivity contribution in [1.29, 1.82) is 0 Å². The second kappa shape index (κ2) is 7.13. The van der Waals surface area contributed by atoms with E-state index in [1.54, 1.807) is 0 Å². The number of carbonyl (C=O) groups is 1. The number of hydrogen-bond acceptors (Lipinski definition) is 2. The Labute approximate surface area is 145 Å². The molecule has 2 rings (SSSR count). The van der Waals surface area contributed by atoms with Crippen LogP contribution in [-0.4, -0.2) is 12.5 Å². The fourth-order valence-corrected chi connectivity index (χ4v) is 2.45. The molecule has 0 aliphatic carbocycles. The van der Waals surface area contributed by atoms with Crippen molar-refractivity contribution in [3.05, 3.63) is 57.7 Å². The molecule has 0 aromatic heterocycles. The molecule has 3 nitrogen and oxygen atoms in total. The van der Waals surface area contributed by atoms with E-state index in [0.29, 0.717) is 0 Å². The van der Waals surface area contributed by atoms with E-state index in [1.807, 2.05) is 48.5 Å². The van der Waals surface area contributed by atoms with Crippen LogP contribution in [0, 0.1) is 3.57 Å². The molecule has 0 heterocycles. The number of ether oxygens (including phenoxy) is 1. The molecular formula is C18H20INO2. The van der Waals surface area contributed by atoms with Gasteiger partial charge in [-0.25, -0.2) is 0 Å². The number of amides is 1. The molecule has 0 fully saturated rings. The molecule has 0 atom stereocenters. The lowest BCUT2D eigenvalue weighted by atomic mass is 9.86. The maximum Gasteiger partial charge on any atom is 0.262 e. The number of hydrogen-bond donors (Lipinski definition) is 1. The molecule has 0 radical (unpaired) electrons. The van der Waals surface area contributed by atoms with E-state index >= 15 is 0 Å². The molecule has 22 heavy (non-hydrogen) atoms. The SMILES string of the molecule is CC(C)(C)c1ccccc1OCC(=O)Nc1ccc(I)cc1. The number of benzene rings is 2. The predicted octanol–water partition coefficient (Wildman–Crippen LogP) is 4.61. The van der Waals surface area contributed by atoms with E-state index in [1.165, 1.54) is 0 Å². The van der Waals surface area contributed by atoms with Gasteiger partial charge < -0.3 is 10.1 Å². The minimum absolute atomic E-state index is 0.000913. The van der Waals surface area contributed by atoms with Gasteiger partial charge in [-0.15, -0.1) is 0 Å². The second-order valence-corrected chi connectivity index (χ2v) is 7.34. The number of nitrogens with one attached hydrogen (secondary N) is 1. The van der Waals surface area contributed by atoms with Gasteiger partial charge in [-0.05, 0) is 63.9 Å². The summed E-state index contributed by atoms with van der Waals surface area (Å²) in [5.74, 6) is 0.595. The number of para-hydroxylation sites is 1. The summed E-state index contributed by atoms with van der Waals surface area (Å²) in [6.45, 7) is 6.38. The number of halogens is 1.